The first kappa shape index (κ1) is 26.1. The van der Waals surface area contributed by atoms with E-state index in [1.54, 1.807) is 0 Å². The molecule has 0 aromatic heterocycles. The van der Waals surface area contributed by atoms with Crippen LogP contribution < -0.4 is 10.0 Å². The predicted molar refractivity (Wildman–Crippen MR) is 149 cm³/mol. The van der Waals surface area contributed by atoms with Crippen molar-refractivity contribution in [3.63, 3.8) is 0 Å². The number of nitrogens with one attached hydrogen (secondary N) is 1. The fourth-order valence-electron chi connectivity index (χ4n) is 4.74. The molecule has 0 saturated carbocycles. The fraction of sp³-hybridized carbons (Fsp3) is 0.448. The van der Waals surface area contributed by atoms with Crippen molar-refractivity contribution >= 4 is 35.0 Å². The summed E-state index contributed by atoms with van der Waals surface area (Å²) in [5.74, 6) is 0. The van der Waals surface area contributed by atoms with Gasteiger partial charge in [0.25, 0.3) is 0 Å². The topological polar surface area (TPSA) is 29.1 Å². The van der Waals surface area contributed by atoms with E-state index in [1.165, 1.54) is 27.2 Å². The maximum Gasteiger partial charge on any atom is 0.0979 e. The molecule has 0 spiro atoms. The summed E-state index contributed by atoms with van der Waals surface area (Å²) >= 11 is 0. The smallest absolute Gasteiger partial charge is 0.0979 e. The zero-order valence-electron chi connectivity index (χ0n) is 21.7. The normalized spacial score (nSPS) is 15.1. The first-order valence-corrected chi connectivity index (χ1v) is 14.3. The molecule has 33 heavy (non-hydrogen) atoms. The van der Waals surface area contributed by atoms with Crippen LogP contribution >= 0.6 is 7.92 Å². The van der Waals surface area contributed by atoms with E-state index in [9.17, 15) is 4.21 Å². The van der Waals surface area contributed by atoms with E-state index in [-0.39, 0.29) is 21.1 Å². The van der Waals surface area contributed by atoms with E-state index in [0.717, 1.165) is 0 Å². The summed E-state index contributed by atoms with van der Waals surface area (Å²) in [6, 6.07) is 23.6. The van der Waals surface area contributed by atoms with Gasteiger partial charge in [-0.25, -0.2) is 8.93 Å². The lowest BCUT2D eigenvalue weighted by molar-refractivity contribution is 0.624. The minimum Gasteiger partial charge on any atom is -0.242 e. The lowest BCUT2D eigenvalue weighted by Crippen LogP contribution is -2.39. The van der Waals surface area contributed by atoms with Crippen molar-refractivity contribution in [1.82, 2.24) is 4.72 Å². The minimum absolute atomic E-state index is 0.135. The van der Waals surface area contributed by atoms with Gasteiger partial charge < -0.3 is 0 Å². The molecular weight excluding hydrogens is 441 g/mol. The molecule has 0 amide bonds. The molecule has 4 heteroatoms. The average molecular weight is 482 g/mol. The van der Waals surface area contributed by atoms with Crippen LogP contribution in [-0.4, -0.2) is 19.3 Å². The highest BCUT2D eigenvalue weighted by Gasteiger charge is 2.38. The Morgan fingerprint density at radius 3 is 1.82 bits per heavy atom. The van der Waals surface area contributed by atoms with Crippen molar-refractivity contribution in [1.29, 1.82) is 0 Å². The summed E-state index contributed by atoms with van der Waals surface area (Å²) in [4.78, 5) is 0. The molecule has 178 valence electrons. The number of benzene rings is 3. The average Bonchev–Trinajstić information content (AvgIpc) is 2.69. The van der Waals surface area contributed by atoms with E-state index in [0.29, 0.717) is 0 Å². The lowest BCUT2D eigenvalue weighted by Gasteiger charge is -2.43. The third-order valence-corrected chi connectivity index (χ3v) is 10.9. The molecule has 0 aliphatic rings. The Labute approximate surface area is 204 Å². The summed E-state index contributed by atoms with van der Waals surface area (Å²) in [5, 5.41) is 4.07. The van der Waals surface area contributed by atoms with Crippen molar-refractivity contribution in [2.45, 2.75) is 83.4 Å². The summed E-state index contributed by atoms with van der Waals surface area (Å²) < 4.78 is 16.6. The van der Waals surface area contributed by atoms with Gasteiger partial charge in [-0.15, -0.1) is 0 Å². The summed E-state index contributed by atoms with van der Waals surface area (Å²) in [6.45, 7) is 20.2. The highest BCUT2D eigenvalue weighted by atomic mass is 32.2. The molecule has 0 saturated heterocycles. The van der Waals surface area contributed by atoms with Crippen molar-refractivity contribution in [2.75, 3.05) is 0 Å². The molecule has 0 heterocycles. The van der Waals surface area contributed by atoms with Gasteiger partial charge in [0.1, 0.15) is 0 Å². The molecular formula is C29H40NOPS. The standard InChI is InChI=1S/C29H40NOPS/c1-27(2,3)32(28(4,5)6)25-20-13-12-18-24(25)26(30-33(31)29(7,8)9)23-19-14-16-21-15-10-11-17-22(21)23/h10-20,26,30H,1-9H3. The quantitative estimate of drug-likeness (QED) is 0.372. The third kappa shape index (κ3) is 5.94. The molecule has 1 N–H and O–H groups in total. The van der Waals surface area contributed by atoms with Crippen LogP contribution in [0.5, 0.6) is 0 Å². The molecule has 0 aliphatic heterocycles. The van der Waals surface area contributed by atoms with Gasteiger partial charge in [-0.3, -0.25) is 0 Å². The second kappa shape index (κ2) is 9.61. The Morgan fingerprint density at radius 1 is 0.697 bits per heavy atom. The second-order valence-corrected chi connectivity index (χ2v) is 17.6. The van der Waals surface area contributed by atoms with E-state index in [4.69, 9.17) is 0 Å². The monoisotopic (exact) mass is 481 g/mol. The van der Waals surface area contributed by atoms with E-state index in [2.05, 4.69) is 113 Å². The van der Waals surface area contributed by atoms with E-state index < -0.39 is 18.9 Å². The minimum atomic E-state index is -1.22. The Kier molecular flexibility index (Phi) is 7.59. The summed E-state index contributed by atoms with van der Waals surface area (Å²) in [5.41, 5.74) is 2.42. The van der Waals surface area contributed by atoms with Crippen LogP contribution in [0.1, 0.15) is 79.5 Å². The Hall–Kier alpha value is -1.54. The fourth-order valence-corrected chi connectivity index (χ4v) is 9.72. The molecule has 2 nitrogen and oxygen atoms in total. The maximum absolute atomic E-state index is 13.4. The lowest BCUT2D eigenvalue weighted by atomic mass is 9.94. The van der Waals surface area contributed by atoms with Crippen LogP contribution in [0.25, 0.3) is 10.8 Å². The van der Waals surface area contributed by atoms with Crippen LogP contribution in [0.15, 0.2) is 66.7 Å². The first-order valence-electron chi connectivity index (χ1n) is 11.8. The highest BCUT2D eigenvalue weighted by molar-refractivity contribution is 7.84. The number of rotatable bonds is 5. The number of fused-ring (bicyclic) bond motifs is 1. The highest BCUT2D eigenvalue weighted by Crippen LogP contribution is 2.59. The second-order valence-electron chi connectivity index (χ2n) is 11.7. The van der Waals surface area contributed by atoms with Gasteiger partial charge in [0.2, 0.25) is 0 Å². The molecule has 0 fully saturated rings. The predicted octanol–water partition coefficient (Wildman–Crippen LogP) is 7.69. The van der Waals surface area contributed by atoms with Crippen molar-refractivity contribution < 1.29 is 4.21 Å². The molecule has 0 aliphatic carbocycles. The molecule has 0 radical (unpaired) electrons. The Morgan fingerprint density at radius 2 is 1.21 bits per heavy atom. The summed E-state index contributed by atoms with van der Waals surface area (Å²) in [6.07, 6.45) is 0. The van der Waals surface area contributed by atoms with E-state index >= 15 is 0 Å². The van der Waals surface area contributed by atoms with Gasteiger partial charge in [0.05, 0.1) is 21.8 Å². The van der Waals surface area contributed by atoms with Gasteiger partial charge in [-0.2, -0.15) is 0 Å². The van der Waals surface area contributed by atoms with Gasteiger partial charge >= 0.3 is 0 Å². The SMILES string of the molecule is CC(C)(C)P(c1ccccc1C(NS(=O)C(C)(C)C)c1cccc2ccccc12)C(C)(C)C. The summed E-state index contributed by atoms with van der Waals surface area (Å²) in [7, 11) is -1.73. The molecule has 3 rings (SSSR count). The maximum atomic E-state index is 13.4. The van der Waals surface area contributed by atoms with Crippen LogP contribution in [0.2, 0.25) is 0 Å². The molecule has 3 aromatic rings. The largest absolute Gasteiger partial charge is 0.242 e. The third-order valence-electron chi connectivity index (χ3n) is 5.75. The zero-order chi connectivity index (χ0) is 24.6. The molecule has 0 bridgehead atoms. The van der Waals surface area contributed by atoms with Crippen molar-refractivity contribution in [3.05, 3.63) is 77.9 Å². The van der Waals surface area contributed by atoms with Gasteiger partial charge in [-0.05, 0) is 58.3 Å². The van der Waals surface area contributed by atoms with Crippen LogP contribution in [0.3, 0.4) is 0 Å². The van der Waals surface area contributed by atoms with Gasteiger partial charge in [-0.1, -0.05) is 116 Å². The number of hydrogen-bond donors (Lipinski definition) is 1. The van der Waals surface area contributed by atoms with Crippen LogP contribution in [0, 0.1) is 0 Å². The van der Waals surface area contributed by atoms with Crippen LogP contribution in [-0.2, 0) is 11.0 Å². The van der Waals surface area contributed by atoms with Crippen molar-refractivity contribution in [2.24, 2.45) is 0 Å². The molecule has 2 unspecified atom stereocenters. The Bertz CT molecular complexity index is 1120. The first-order chi connectivity index (χ1) is 15.2. The van der Waals surface area contributed by atoms with Gasteiger partial charge in [0, 0.05) is 0 Å². The van der Waals surface area contributed by atoms with E-state index in [1.807, 2.05) is 20.8 Å². The Balaban J connectivity index is 2.30. The number of hydrogen-bond acceptors (Lipinski definition) is 1. The van der Waals surface area contributed by atoms with Gasteiger partial charge in [0.15, 0.2) is 0 Å². The zero-order valence-corrected chi connectivity index (χ0v) is 23.4. The van der Waals surface area contributed by atoms with Crippen molar-refractivity contribution in [3.8, 4) is 0 Å². The van der Waals surface area contributed by atoms with Crippen LogP contribution in [0.4, 0.5) is 0 Å². The molecule has 3 aromatic carbocycles. The molecule has 2 atom stereocenters.